The van der Waals surface area contributed by atoms with Crippen LogP contribution in [0.15, 0.2) is 55.1 Å². The summed E-state index contributed by atoms with van der Waals surface area (Å²) in [6, 6.07) is 9.09. The van der Waals surface area contributed by atoms with Crippen molar-refractivity contribution < 1.29 is 14.3 Å². The van der Waals surface area contributed by atoms with Gasteiger partial charge >= 0.3 is 6.09 Å². The summed E-state index contributed by atoms with van der Waals surface area (Å²) in [6.45, 7) is 3.87. The van der Waals surface area contributed by atoms with Crippen LogP contribution in [0.1, 0.15) is 17.3 Å². The van der Waals surface area contributed by atoms with E-state index in [0.29, 0.717) is 66.8 Å². The summed E-state index contributed by atoms with van der Waals surface area (Å²) in [4.78, 5) is 41.5. The fourth-order valence-electron chi connectivity index (χ4n) is 4.02. The van der Waals surface area contributed by atoms with Gasteiger partial charge in [-0.1, -0.05) is 6.07 Å². The number of fused-ring (bicyclic) bond motifs is 1. The number of pyridine rings is 2. The highest BCUT2D eigenvalue weighted by Gasteiger charge is 2.25. The lowest BCUT2D eigenvalue weighted by Crippen LogP contribution is -2.50. The molecule has 1 saturated heterocycles. The normalized spacial score (nSPS) is 13.7. The van der Waals surface area contributed by atoms with Gasteiger partial charge in [-0.05, 0) is 31.2 Å². The standard InChI is InChI=1S/C24H24N8O3/c1-2-35-24(34)31-11-9-30(10-12-31)23(33)16-6-7-18(27-13-16)17-14-28-22-20(19-5-3-4-8-26-19)21(25)29-32(22)15-17/h3-8,13-15H,2,9-12H2,1H3,(H2,25,29). The van der Waals surface area contributed by atoms with E-state index in [0.717, 1.165) is 5.56 Å². The molecule has 35 heavy (non-hydrogen) atoms. The molecule has 0 aliphatic carbocycles. The molecule has 2 amide bonds. The average molecular weight is 473 g/mol. The fourth-order valence-corrected chi connectivity index (χ4v) is 4.02. The predicted molar refractivity (Wildman–Crippen MR) is 128 cm³/mol. The number of carbonyl (C=O) groups excluding carboxylic acids is 2. The van der Waals surface area contributed by atoms with E-state index in [-0.39, 0.29) is 12.0 Å². The van der Waals surface area contributed by atoms with Crippen molar-refractivity contribution in [2.45, 2.75) is 6.92 Å². The minimum atomic E-state index is -0.345. The maximum absolute atomic E-state index is 12.9. The van der Waals surface area contributed by atoms with Gasteiger partial charge in [0.25, 0.3) is 5.91 Å². The van der Waals surface area contributed by atoms with Crippen LogP contribution in [0.4, 0.5) is 10.6 Å². The molecule has 0 unspecified atom stereocenters. The van der Waals surface area contributed by atoms with Crippen LogP contribution in [-0.2, 0) is 4.74 Å². The maximum atomic E-state index is 12.9. The average Bonchev–Trinajstić information content (AvgIpc) is 3.24. The van der Waals surface area contributed by atoms with Gasteiger partial charge in [-0.3, -0.25) is 14.8 Å². The zero-order valence-electron chi connectivity index (χ0n) is 19.2. The first-order valence-electron chi connectivity index (χ1n) is 11.3. The zero-order chi connectivity index (χ0) is 24.4. The molecule has 2 N–H and O–H groups in total. The van der Waals surface area contributed by atoms with Crippen molar-refractivity contribution in [1.29, 1.82) is 0 Å². The van der Waals surface area contributed by atoms with Gasteiger partial charge in [-0.25, -0.2) is 14.3 Å². The van der Waals surface area contributed by atoms with Crippen LogP contribution in [0.2, 0.25) is 0 Å². The van der Waals surface area contributed by atoms with E-state index in [2.05, 4.69) is 20.1 Å². The van der Waals surface area contributed by atoms with Crippen LogP contribution in [0, 0.1) is 0 Å². The second-order valence-corrected chi connectivity index (χ2v) is 8.00. The van der Waals surface area contributed by atoms with Crippen LogP contribution < -0.4 is 5.73 Å². The van der Waals surface area contributed by atoms with Crippen LogP contribution in [0.3, 0.4) is 0 Å². The van der Waals surface area contributed by atoms with E-state index < -0.39 is 0 Å². The van der Waals surface area contributed by atoms with Crippen molar-refractivity contribution in [2.24, 2.45) is 0 Å². The highest BCUT2D eigenvalue weighted by atomic mass is 16.6. The van der Waals surface area contributed by atoms with Crippen LogP contribution in [0.25, 0.3) is 28.2 Å². The molecule has 4 aromatic heterocycles. The quantitative estimate of drug-likeness (QED) is 0.479. The first-order chi connectivity index (χ1) is 17.0. The second-order valence-electron chi connectivity index (χ2n) is 8.00. The summed E-state index contributed by atoms with van der Waals surface area (Å²) in [5.41, 5.74) is 9.97. The highest BCUT2D eigenvalue weighted by Crippen LogP contribution is 2.28. The molecule has 0 radical (unpaired) electrons. The molecule has 1 aliphatic heterocycles. The van der Waals surface area contributed by atoms with Crippen molar-refractivity contribution in [3.63, 3.8) is 0 Å². The molecule has 0 bridgehead atoms. The molecule has 0 atom stereocenters. The lowest BCUT2D eigenvalue weighted by molar-refractivity contribution is 0.0570. The van der Waals surface area contributed by atoms with Crippen molar-refractivity contribution in [3.05, 3.63) is 60.7 Å². The Hall–Kier alpha value is -4.54. The minimum Gasteiger partial charge on any atom is -0.450 e. The third-order valence-electron chi connectivity index (χ3n) is 5.82. The van der Waals surface area contributed by atoms with Crippen molar-refractivity contribution >= 4 is 23.5 Å². The van der Waals surface area contributed by atoms with E-state index in [4.69, 9.17) is 10.5 Å². The summed E-state index contributed by atoms with van der Waals surface area (Å²) in [6.07, 6.45) is 6.39. The lowest BCUT2D eigenvalue weighted by Gasteiger charge is -2.34. The van der Waals surface area contributed by atoms with E-state index in [1.54, 1.807) is 58.2 Å². The molecule has 4 aromatic rings. The number of aromatic nitrogens is 5. The largest absolute Gasteiger partial charge is 0.450 e. The summed E-state index contributed by atoms with van der Waals surface area (Å²) in [5, 5.41) is 4.38. The number of carbonyl (C=O) groups is 2. The Bertz CT molecular complexity index is 1360. The monoisotopic (exact) mass is 472 g/mol. The molecule has 0 aromatic carbocycles. The highest BCUT2D eigenvalue weighted by molar-refractivity contribution is 5.94. The van der Waals surface area contributed by atoms with E-state index in [1.165, 1.54) is 0 Å². The fraction of sp³-hybridized carbons (Fsp3) is 0.250. The Kier molecular flexibility index (Phi) is 5.96. The van der Waals surface area contributed by atoms with E-state index >= 15 is 0 Å². The third kappa shape index (κ3) is 4.35. The van der Waals surface area contributed by atoms with Crippen molar-refractivity contribution in [3.8, 4) is 22.5 Å². The molecule has 0 saturated carbocycles. The number of hydrogen-bond donors (Lipinski definition) is 1. The topological polar surface area (TPSA) is 132 Å². The van der Waals surface area contributed by atoms with Crippen molar-refractivity contribution in [1.82, 2.24) is 34.4 Å². The minimum absolute atomic E-state index is 0.124. The number of nitrogens with two attached hydrogens (primary N) is 1. The number of anilines is 1. The molecular weight excluding hydrogens is 448 g/mol. The molecular formula is C24H24N8O3. The molecule has 5 rings (SSSR count). The van der Waals surface area contributed by atoms with Gasteiger partial charge in [-0.2, -0.15) is 0 Å². The number of ether oxygens (including phenoxy) is 1. The first kappa shape index (κ1) is 22.3. The Labute approximate surface area is 201 Å². The van der Waals surface area contributed by atoms with Gasteiger partial charge in [0.2, 0.25) is 0 Å². The summed E-state index contributed by atoms with van der Waals surface area (Å²) < 4.78 is 6.64. The molecule has 1 fully saturated rings. The maximum Gasteiger partial charge on any atom is 0.409 e. The van der Waals surface area contributed by atoms with Crippen LogP contribution in [0.5, 0.6) is 0 Å². The zero-order valence-corrected chi connectivity index (χ0v) is 19.2. The molecule has 11 heteroatoms. The van der Waals surface area contributed by atoms with Gasteiger partial charge in [-0.15, -0.1) is 5.10 Å². The Morgan fingerprint density at radius 2 is 1.77 bits per heavy atom. The van der Waals surface area contributed by atoms with Gasteiger partial charge in [0.15, 0.2) is 11.5 Å². The summed E-state index contributed by atoms with van der Waals surface area (Å²) >= 11 is 0. The second kappa shape index (κ2) is 9.37. The number of nitrogens with zero attached hydrogens (tertiary/aromatic N) is 7. The Morgan fingerprint density at radius 3 is 2.46 bits per heavy atom. The Morgan fingerprint density at radius 1 is 0.971 bits per heavy atom. The van der Waals surface area contributed by atoms with Crippen LogP contribution >= 0.6 is 0 Å². The smallest absolute Gasteiger partial charge is 0.409 e. The number of nitrogen functional groups attached to an aromatic ring is 1. The van der Waals surface area contributed by atoms with E-state index in [1.807, 2.05) is 18.2 Å². The number of piperazine rings is 1. The molecule has 0 spiro atoms. The van der Waals surface area contributed by atoms with Crippen molar-refractivity contribution in [2.75, 3.05) is 38.5 Å². The van der Waals surface area contributed by atoms with Gasteiger partial charge in [0.1, 0.15) is 0 Å². The molecule has 5 heterocycles. The first-order valence-corrected chi connectivity index (χ1v) is 11.3. The molecule has 178 valence electrons. The summed E-state index contributed by atoms with van der Waals surface area (Å²) in [5.74, 6) is 0.214. The number of amides is 2. The van der Waals surface area contributed by atoms with Gasteiger partial charge in [0, 0.05) is 56.5 Å². The third-order valence-corrected chi connectivity index (χ3v) is 5.82. The van der Waals surface area contributed by atoms with Crippen LogP contribution in [-0.4, -0.2) is 79.2 Å². The molecule has 1 aliphatic rings. The summed E-state index contributed by atoms with van der Waals surface area (Å²) in [7, 11) is 0. The SMILES string of the molecule is CCOC(=O)N1CCN(C(=O)c2ccc(-c3cnc4c(-c5ccccn5)c(N)nn4c3)nc2)CC1. The lowest BCUT2D eigenvalue weighted by atomic mass is 10.1. The van der Waals surface area contributed by atoms with E-state index in [9.17, 15) is 9.59 Å². The van der Waals surface area contributed by atoms with Gasteiger partial charge < -0.3 is 20.3 Å². The number of rotatable bonds is 4. The number of hydrogen-bond acceptors (Lipinski definition) is 8. The van der Waals surface area contributed by atoms with Gasteiger partial charge in [0.05, 0.1) is 29.1 Å². The predicted octanol–water partition coefficient (Wildman–Crippen LogP) is 2.35. The molecule has 11 nitrogen and oxygen atoms in total. The Balaban J connectivity index is 1.31.